The number of benzene rings is 1. The lowest BCUT2D eigenvalue weighted by Crippen LogP contribution is -2.29. The summed E-state index contributed by atoms with van der Waals surface area (Å²) in [5.74, 6) is 0. The van der Waals surface area contributed by atoms with Crippen molar-refractivity contribution in [3.8, 4) is 0 Å². The molecular weight excluding hydrogens is 232 g/mol. The molecule has 0 radical (unpaired) electrons. The highest BCUT2D eigenvalue weighted by Crippen LogP contribution is 2.24. The molecule has 0 amide bonds. The van der Waals surface area contributed by atoms with Gasteiger partial charge in [-0.1, -0.05) is 13.8 Å². The molecule has 100 valence electrons. The number of hydrogen-bond donors (Lipinski definition) is 2. The van der Waals surface area contributed by atoms with Crippen LogP contribution in [0.1, 0.15) is 25.8 Å². The van der Waals surface area contributed by atoms with Gasteiger partial charge in [0.1, 0.15) is 0 Å². The molecular formula is C13H20N2O3. The van der Waals surface area contributed by atoms with E-state index in [0.717, 1.165) is 12.1 Å². The molecule has 18 heavy (non-hydrogen) atoms. The van der Waals surface area contributed by atoms with Crippen LogP contribution in [0.25, 0.3) is 0 Å². The van der Waals surface area contributed by atoms with Crippen molar-refractivity contribution in [2.45, 2.75) is 27.2 Å². The summed E-state index contributed by atoms with van der Waals surface area (Å²) >= 11 is 0. The first-order valence-corrected chi connectivity index (χ1v) is 6.01. The molecule has 0 spiro atoms. The van der Waals surface area contributed by atoms with Gasteiger partial charge >= 0.3 is 0 Å². The first kappa shape index (κ1) is 14.4. The molecule has 0 aromatic heterocycles. The Morgan fingerprint density at radius 3 is 2.61 bits per heavy atom. The van der Waals surface area contributed by atoms with Crippen molar-refractivity contribution in [1.29, 1.82) is 0 Å². The van der Waals surface area contributed by atoms with E-state index >= 15 is 0 Å². The van der Waals surface area contributed by atoms with Gasteiger partial charge in [0.2, 0.25) is 0 Å². The third kappa shape index (κ3) is 3.43. The predicted molar refractivity (Wildman–Crippen MR) is 71.8 cm³/mol. The zero-order valence-corrected chi connectivity index (χ0v) is 11.1. The molecule has 0 aliphatic carbocycles. The maximum Gasteiger partial charge on any atom is 0.272 e. The van der Waals surface area contributed by atoms with E-state index in [1.807, 2.05) is 13.8 Å². The lowest BCUT2D eigenvalue weighted by atomic mass is 9.88. The van der Waals surface area contributed by atoms with Crippen LogP contribution in [0.5, 0.6) is 0 Å². The number of nitro benzene ring substituents is 1. The Morgan fingerprint density at radius 2 is 2.17 bits per heavy atom. The molecule has 5 nitrogen and oxygen atoms in total. The summed E-state index contributed by atoms with van der Waals surface area (Å²) in [4.78, 5) is 10.3. The van der Waals surface area contributed by atoms with Gasteiger partial charge in [0.15, 0.2) is 0 Å². The number of anilines is 1. The summed E-state index contributed by atoms with van der Waals surface area (Å²) in [7, 11) is 0. The molecule has 1 aromatic rings. The number of aliphatic hydroxyl groups is 1. The predicted octanol–water partition coefficient (Wildman–Crippen LogP) is 2.72. The van der Waals surface area contributed by atoms with Gasteiger partial charge in [-0.2, -0.15) is 0 Å². The number of aliphatic hydroxyl groups excluding tert-OH is 1. The molecule has 0 saturated heterocycles. The minimum Gasteiger partial charge on any atom is -0.396 e. The molecule has 1 aromatic carbocycles. The van der Waals surface area contributed by atoms with Gasteiger partial charge in [-0.25, -0.2) is 0 Å². The number of rotatable bonds is 6. The maximum absolute atomic E-state index is 10.7. The Labute approximate surface area is 107 Å². The van der Waals surface area contributed by atoms with Crippen molar-refractivity contribution in [1.82, 2.24) is 0 Å². The van der Waals surface area contributed by atoms with Crippen LogP contribution in [0.3, 0.4) is 0 Å². The normalized spacial score (nSPS) is 14.0. The largest absolute Gasteiger partial charge is 0.396 e. The van der Waals surface area contributed by atoms with Crippen LogP contribution in [0.15, 0.2) is 18.2 Å². The van der Waals surface area contributed by atoms with Crippen molar-refractivity contribution in [3.63, 3.8) is 0 Å². The second kappa shape index (κ2) is 5.82. The number of nitro groups is 1. The zero-order valence-electron chi connectivity index (χ0n) is 11.1. The van der Waals surface area contributed by atoms with Crippen molar-refractivity contribution in [2.75, 3.05) is 18.5 Å². The van der Waals surface area contributed by atoms with Crippen molar-refractivity contribution in [3.05, 3.63) is 33.9 Å². The molecule has 5 heteroatoms. The Balaban J connectivity index is 2.75. The Morgan fingerprint density at radius 1 is 1.50 bits per heavy atom. The molecule has 1 unspecified atom stereocenters. The second-order valence-corrected chi connectivity index (χ2v) is 4.93. The van der Waals surface area contributed by atoms with Crippen LogP contribution in [0.4, 0.5) is 11.4 Å². The monoisotopic (exact) mass is 252 g/mol. The van der Waals surface area contributed by atoms with Crippen molar-refractivity contribution >= 4 is 11.4 Å². The van der Waals surface area contributed by atoms with E-state index in [9.17, 15) is 15.2 Å². The second-order valence-electron chi connectivity index (χ2n) is 4.93. The molecule has 0 aliphatic rings. The number of nitrogens with zero attached hydrogens (tertiary/aromatic N) is 1. The summed E-state index contributed by atoms with van der Waals surface area (Å²) in [5.41, 5.74) is 1.43. The molecule has 1 rings (SSSR count). The van der Waals surface area contributed by atoms with Gasteiger partial charge in [-0.3, -0.25) is 10.1 Å². The highest BCUT2D eigenvalue weighted by molar-refractivity contribution is 5.53. The smallest absolute Gasteiger partial charge is 0.272 e. The van der Waals surface area contributed by atoms with Gasteiger partial charge in [0.25, 0.3) is 5.69 Å². The number of aryl methyl sites for hydroxylation is 1. The Hall–Kier alpha value is -1.62. The van der Waals surface area contributed by atoms with E-state index in [4.69, 9.17) is 0 Å². The molecule has 2 N–H and O–H groups in total. The highest BCUT2D eigenvalue weighted by atomic mass is 16.6. The van der Waals surface area contributed by atoms with Crippen LogP contribution < -0.4 is 5.32 Å². The van der Waals surface area contributed by atoms with E-state index in [2.05, 4.69) is 5.32 Å². The van der Waals surface area contributed by atoms with Crippen LogP contribution in [-0.4, -0.2) is 23.2 Å². The molecule has 0 heterocycles. The summed E-state index contributed by atoms with van der Waals surface area (Å²) in [6.45, 7) is 6.49. The molecule has 0 fully saturated rings. The van der Waals surface area contributed by atoms with Gasteiger partial charge < -0.3 is 10.4 Å². The van der Waals surface area contributed by atoms with E-state index in [1.165, 1.54) is 6.07 Å². The first-order valence-electron chi connectivity index (χ1n) is 6.01. The summed E-state index contributed by atoms with van der Waals surface area (Å²) in [5, 5.41) is 23.2. The van der Waals surface area contributed by atoms with E-state index < -0.39 is 0 Å². The number of nitrogens with one attached hydrogen (secondary N) is 1. The summed E-state index contributed by atoms with van der Waals surface area (Å²) < 4.78 is 0. The fourth-order valence-electron chi connectivity index (χ4n) is 1.58. The minimum atomic E-state index is -0.386. The van der Waals surface area contributed by atoms with Gasteiger partial charge in [0.05, 0.1) is 11.5 Å². The first-order chi connectivity index (χ1) is 8.41. The van der Waals surface area contributed by atoms with Gasteiger partial charge in [-0.05, 0) is 25.5 Å². The maximum atomic E-state index is 10.7. The average Bonchev–Trinajstić information content (AvgIpc) is 2.35. The zero-order chi connectivity index (χ0) is 13.8. The van der Waals surface area contributed by atoms with Crippen LogP contribution in [0.2, 0.25) is 0 Å². The highest BCUT2D eigenvalue weighted by Gasteiger charge is 2.20. The van der Waals surface area contributed by atoms with Gasteiger partial charge in [0, 0.05) is 29.3 Å². The van der Waals surface area contributed by atoms with Crippen LogP contribution in [0, 0.1) is 22.5 Å². The van der Waals surface area contributed by atoms with Crippen molar-refractivity contribution < 1.29 is 10.0 Å². The van der Waals surface area contributed by atoms with E-state index in [1.54, 1.807) is 19.1 Å². The molecule has 1 atom stereocenters. The minimum absolute atomic E-state index is 0.114. The Kier molecular flexibility index (Phi) is 4.67. The quantitative estimate of drug-likeness (QED) is 0.603. The summed E-state index contributed by atoms with van der Waals surface area (Å²) in [6, 6.07) is 4.95. The van der Waals surface area contributed by atoms with E-state index in [-0.39, 0.29) is 22.6 Å². The molecule has 0 saturated carbocycles. The fraction of sp³-hybridized carbons (Fsp3) is 0.538. The lowest BCUT2D eigenvalue weighted by Gasteiger charge is -2.26. The average molecular weight is 252 g/mol. The third-order valence-electron chi connectivity index (χ3n) is 3.35. The molecule has 0 bridgehead atoms. The fourth-order valence-corrected chi connectivity index (χ4v) is 1.58. The lowest BCUT2D eigenvalue weighted by molar-refractivity contribution is -0.385. The number of hydrogen-bond acceptors (Lipinski definition) is 4. The SMILES string of the molecule is CCC(C)(CO)CNc1ccc([N+](=O)[O-])c(C)c1. The van der Waals surface area contributed by atoms with E-state index in [0.29, 0.717) is 12.1 Å². The van der Waals surface area contributed by atoms with Crippen LogP contribution >= 0.6 is 0 Å². The van der Waals surface area contributed by atoms with Crippen molar-refractivity contribution in [2.24, 2.45) is 5.41 Å². The Bertz CT molecular complexity index is 428. The molecule has 0 aliphatic heterocycles. The standard InChI is InChI=1S/C13H20N2O3/c1-4-13(3,9-16)8-14-11-5-6-12(15(17)18)10(2)7-11/h5-7,14,16H,4,8-9H2,1-3H3. The van der Waals surface area contributed by atoms with Crippen LogP contribution in [-0.2, 0) is 0 Å². The topological polar surface area (TPSA) is 75.4 Å². The third-order valence-corrected chi connectivity index (χ3v) is 3.35. The summed E-state index contributed by atoms with van der Waals surface area (Å²) in [6.07, 6.45) is 0.864. The van der Waals surface area contributed by atoms with Gasteiger partial charge in [-0.15, -0.1) is 0 Å².